The van der Waals surface area contributed by atoms with E-state index in [1.54, 1.807) is 13.1 Å². The third kappa shape index (κ3) is 2.47. The number of nitrogens with one attached hydrogen (secondary N) is 1. The van der Waals surface area contributed by atoms with E-state index in [1.165, 1.54) is 36.1 Å². The maximum atomic E-state index is 12.6. The highest BCUT2D eigenvalue weighted by Crippen LogP contribution is 2.31. The summed E-state index contributed by atoms with van der Waals surface area (Å²) in [6, 6.07) is 5.78. The third-order valence-electron chi connectivity index (χ3n) is 4.30. The van der Waals surface area contributed by atoms with Gasteiger partial charge in [0.05, 0.1) is 18.2 Å². The van der Waals surface area contributed by atoms with Crippen molar-refractivity contribution in [1.82, 2.24) is 9.88 Å². The third-order valence-corrected chi connectivity index (χ3v) is 4.30. The Labute approximate surface area is 129 Å². The van der Waals surface area contributed by atoms with Crippen molar-refractivity contribution >= 4 is 22.8 Å². The number of nitrogens with zero attached hydrogens (tertiary/aromatic N) is 1. The van der Waals surface area contributed by atoms with Gasteiger partial charge in [-0.1, -0.05) is 12.1 Å². The van der Waals surface area contributed by atoms with Gasteiger partial charge in [0.2, 0.25) is 0 Å². The molecule has 3 rings (SSSR count). The Morgan fingerprint density at radius 2 is 2.05 bits per heavy atom. The fourth-order valence-electron chi connectivity index (χ4n) is 3.14. The number of para-hydroxylation sites is 1. The molecule has 2 aromatic rings. The molecule has 0 aliphatic heterocycles. The van der Waals surface area contributed by atoms with E-state index in [0.717, 1.165) is 23.7 Å². The van der Waals surface area contributed by atoms with Crippen molar-refractivity contribution in [3.8, 4) is 0 Å². The minimum Gasteiger partial charge on any atom is -0.468 e. The molecule has 1 heterocycles. The van der Waals surface area contributed by atoms with Crippen LogP contribution in [0.4, 0.5) is 0 Å². The molecule has 5 heteroatoms. The maximum absolute atomic E-state index is 12.6. The Bertz CT molecular complexity index is 733. The topological polar surface area (TPSA) is 62.4 Å². The molecule has 0 fully saturated rings. The number of benzene rings is 1. The highest BCUT2D eigenvalue weighted by Gasteiger charge is 2.22. The van der Waals surface area contributed by atoms with Gasteiger partial charge in [-0.3, -0.25) is 9.59 Å². The van der Waals surface area contributed by atoms with Crippen LogP contribution in [-0.2, 0) is 22.4 Å². The van der Waals surface area contributed by atoms with E-state index < -0.39 is 5.97 Å². The fraction of sp³-hybridized carbons (Fsp3) is 0.412. The number of aromatic amines is 1. The van der Waals surface area contributed by atoms with Crippen LogP contribution >= 0.6 is 0 Å². The van der Waals surface area contributed by atoms with Crippen molar-refractivity contribution in [2.75, 3.05) is 20.7 Å². The highest BCUT2D eigenvalue weighted by molar-refractivity contribution is 6.07. The summed E-state index contributed by atoms with van der Waals surface area (Å²) in [6.07, 6.45) is 4.48. The molecule has 0 saturated heterocycles. The molecule has 0 unspecified atom stereocenters. The lowest BCUT2D eigenvalue weighted by Crippen LogP contribution is -2.32. The first-order valence-electron chi connectivity index (χ1n) is 7.56. The molecular formula is C17H20N2O3. The number of ether oxygens (including phenoxy) is 1. The van der Waals surface area contributed by atoms with Gasteiger partial charge in [-0.25, -0.2) is 0 Å². The molecule has 1 aliphatic carbocycles. The Morgan fingerprint density at radius 3 is 2.82 bits per heavy atom. The van der Waals surface area contributed by atoms with Crippen LogP contribution in [0.25, 0.3) is 10.9 Å². The van der Waals surface area contributed by atoms with E-state index in [4.69, 9.17) is 0 Å². The number of carbonyl (C=O) groups is 2. The first-order chi connectivity index (χ1) is 10.6. The quantitative estimate of drug-likeness (QED) is 0.885. The number of likely N-dealkylation sites (N-methyl/N-ethyl adjacent to an activating group) is 1. The van der Waals surface area contributed by atoms with Crippen molar-refractivity contribution in [3.05, 3.63) is 35.0 Å². The molecule has 1 N–H and O–H groups in total. The average molecular weight is 300 g/mol. The monoisotopic (exact) mass is 300 g/mol. The van der Waals surface area contributed by atoms with Gasteiger partial charge < -0.3 is 14.6 Å². The van der Waals surface area contributed by atoms with E-state index in [0.29, 0.717) is 5.56 Å². The normalized spacial score (nSPS) is 13.7. The molecule has 1 amide bonds. The van der Waals surface area contributed by atoms with E-state index in [9.17, 15) is 9.59 Å². The van der Waals surface area contributed by atoms with Gasteiger partial charge in [0.25, 0.3) is 5.91 Å². The van der Waals surface area contributed by atoms with Crippen LogP contribution in [-0.4, -0.2) is 42.5 Å². The van der Waals surface area contributed by atoms with Gasteiger partial charge in [0, 0.05) is 18.1 Å². The van der Waals surface area contributed by atoms with Gasteiger partial charge in [-0.2, -0.15) is 0 Å². The molecule has 1 aromatic heterocycles. The van der Waals surface area contributed by atoms with Crippen LogP contribution in [0.1, 0.15) is 34.5 Å². The Morgan fingerprint density at radius 1 is 1.27 bits per heavy atom. The number of H-pyrrole nitrogens is 1. The number of rotatable bonds is 3. The standard InChI is InChI=1S/C17H20N2O3/c1-19(10-15(20)22-2)17(21)13-8-5-7-12-11-6-3-4-9-14(11)18-16(12)13/h5,7-8,18H,3-4,6,9-10H2,1-2H3. The van der Waals surface area contributed by atoms with Crippen LogP contribution in [0.2, 0.25) is 0 Å². The summed E-state index contributed by atoms with van der Waals surface area (Å²) < 4.78 is 4.62. The van der Waals surface area contributed by atoms with E-state index >= 15 is 0 Å². The summed E-state index contributed by atoms with van der Waals surface area (Å²) in [4.78, 5) is 28.8. The summed E-state index contributed by atoms with van der Waals surface area (Å²) in [5.74, 6) is -0.594. The zero-order valence-electron chi connectivity index (χ0n) is 12.9. The Kier molecular flexibility index (Phi) is 3.88. The largest absolute Gasteiger partial charge is 0.468 e. The number of aryl methyl sites for hydroxylation is 2. The number of methoxy groups -OCH3 is 1. The van der Waals surface area contributed by atoms with Crippen molar-refractivity contribution < 1.29 is 14.3 Å². The number of esters is 1. The van der Waals surface area contributed by atoms with Gasteiger partial charge in [-0.05, 0) is 37.3 Å². The zero-order chi connectivity index (χ0) is 15.7. The van der Waals surface area contributed by atoms with Crippen LogP contribution < -0.4 is 0 Å². The van der Waals surface area contributed by atoms with Crippen molar-refractivity contribution in [1.29, 1.82) is 0 Å². The summed E-state index contributed by atoms with van der Waals surface area (Å²) in [6.45, 7) is -0.0495. The van der Waals surface area contributed by atoms with Gasteiger partial charge in [-0.15, -0.1) is 0 Å². The molecule has 0 saturated carbocycles. The molecule has 0 radical (unpaired) electrons. The Hall–Kier alpha value is -2.30. The minimum atomic E-state index is -0.422. The number of fused-ring (bicyclic) bond motifs is 3. The summed E-state index contributed by atoms with van der Waals surface area (Å²) in [5.41, 5.74) is 4.08. The molecular weight excluding hydrogens is 280 g/mol. The molecule has 116 valence electrons. The zero-order valence-corrected chi connectivity index (χ0v) is 12.9. The number of aromatic nitrogens is 1. The number of amides is 1. The van der Waals surface area contributed by atoms with E-state index in [1.807, 2.05) is 6.07 Å². The molecule has 0 bridgehead atoms. The second kappa shape index (κ2) is 5.83. The van der Waals surface area contributed by atoms with Crippen molar-refractivity contribution in [2.24, 2.45) is 0 Å². The molecule has 1 aliphatic rings. The van der Waals surface area contributed by atoms with Gasteiger partial charge in [0.1, 0.15) is 6.54 Å². The van der Waals surface area contributed by atoms with Crippen molar-refractivity contribution in [3.63, 3.8) is 0 Å². The van der Waals surface area contributed by atoms with E-state index in [2.05, 4.69) is 15.8 Å². The van der Waals surface area contributed by atoms with Gasteiger partial charge >= 0.3 is 5.97 Å². The Balaban J connectivity index is 1.98. The summed E-state index contributed by atoms with van der Waals surface area (Å²) in [7, 11) is 2.93. The second-order valence-corrected chi connectivity index (χ2v) is 5.75. The van der Waals surface area contributed by atoms with Crippen LogP contribution in [0, 0.1) is 0 Å². The predicted molar refractivity (Wildman–Crippen MR) is 83.9 cm³/mol. The maximum Gasteiger partial charge on any atom is 0.325 e. The highest BCUT2D eigenvalue weighted by atomic mass is 16.5. The first kappa shape index (κ1) is 14.6. The molecule has 0 atom stereocenters. The predicted octanol–water partition coefficient (Wildman–Crippen LogP) is 2.29. The minimum absolute atomic E-state index is 0.0495. The number of hydrogen-bond acceptors (Lipinski definition) is 3. The second-order valence-electron chi connectivity index (χ2n) is 5.75. The first-order valence-corrected chi connectivity index (χ1v) is 7.56. The SMILES string of the molecule is COC(=O)CN(C)C(=O)c1cccc2c3c([nH]c12)CCCC3. The van der Waals surface area contributed by atoms with Gasteiger partial charge in [0.15, 0.2) is 0 Å². The average Bonchev–Trinajstić information content (AvgIpc) is 2.92. The van der Waals surface area contributed by atoms with Crippen molar-refractivity contribution in [2.45, 2.75) is 25.7 Å². The number of carbonyl (C=O) groups excluding carboxylic acids is 2. The molecule has 1 aromatic carbocycles. The smallest absolute Gasteiger partial charge is 0.325 e. The molecule has 0 spiro atoms. The lowest BCUT2D eigenvalue weighted by atomic mass is 9.95. The molecule has 22 heavy (non-hydrogen) atoms. The van der Waals surface area contributed by atoms with Crippen LogP contribution in [0.5, 0.6) is 0 Å². The lowest BCUT2D eigenvalue weighted by Gasteiger charge is -2.16. The molecule has 5 nitrogen and oxygen atoms in total. The summed E-state index contributed by atoms with van der Waals surface area (Å²) >= 11 is 0. The van der Waals surface area contributed by atoms with Crippen LogP contribution in [0.3, 0.4) is 0 Å². The fourth-order valence-corrected chi connectivity index (χ4v) is 3.14. The summed E-state index contributed by atoms with van der Waals surface area (Å²) in [5, 5.41) is 1.13. The van der Waals surface area contributed by atoms with Crippen LogP contribution in [0.15, 0.2) is 18.2 Å². The number of hydrogen-bond donors (Lipinski definition) is 1. The lowest BCUT2D eigenvalue weighted by molar-refractivity contribution is -0.141. The van der Waals surface area contributed by atoms with E-state index in [-0.39, 0.29) is 12.5 Å².